The van der Waals surface area contributed by atoms with Gasteiger partial charge in [0.15, 0.2) is 0 Å². The second-order valence-corrected chi connectivity index (χ2v) is 6.40. The van der Waals surface area contributed by atoms with Gasteiger partial charge in [0.1, 0.15) is 5.69 Å². The number of nitrogens with one attached hydrogen (secondary N) is 1. The smallest absolute Gasteiger partial charge is 0.244 e. The number of likely N-dealkylation sites (tertiary alicyclic amines) is 1. The van der Waals surface area contributed by atoms with Crippen molar-refractivity contribution in [2.24, 2.45) is 0 Å². The first-order valence-corrected chi connectivity index (χ1v) is 8.95. The SMILES string of the molecule is O=C(CN1CCC[C@@H]1c1nc(-c2ccccn2)no1)NCc1ccccn1. The lowest BCUT2D eigenvalue weighted by molar-refractivity contribution is -0.122. The third kappa shape index (κ3) is 4.17. The van der Waals surface area contributed by atoms with Gasteiger partial charge in [-0.2, -0.15) is 4.98 Å². The molecule has 0 bridgehead atoms. The van der Waals surface area contributed by atoms with Crippen molar-refractivity contribution < 1.29 is 9.32 Å². The number of rotatable bonds is 6. The molecule has 8 heteroatoms. The fraction of sp³-hybridized carbons (Fsp3) is 0.316. The van der Waals surface area contributed by atoms with Gasteiger partial charge in [0.2, 0.25) is 17.6 Å². The molecular weight excluding hydrogens is 344 g/mol. The fourth-order valence-corrected chi connectivity index (χ4v) is 3.20. The Morgan fingerprint density at radius 1 is 1.19 bits per heavy atom. The van der Waals surface area contributed by atoms with Crippen molar-refractivity contribution in [1.29, 1.82) is 0 Å². The lowest BCUT2D eigenvalue weighted by Crippen LogP contribution is -2.36. The summed E-state index contributed by atoms with van der Waals surface area (Å²) >= 11 is 0. The third-order valence-electron chi connectivity index (χ3n) is 4.52. The highest BCUT2D eigenvalue weighted by Gasteiger charge is 2.32. The molecule has 4 heterocycles. The van der Waals surface area contributed by atoms with Crippen LogP contribution < -0.4 is 5.32 Å². The molecule has 3 aromatic rings. The minimum atomic E-state index is -0.0458. The average Bonchev–Trinajstić information content (AvgIpc) is 3.37. The Kier molecular flexibility index (Phi) is 5.15. The van der Waals surface area contributed by atoms with Gasteiger partial charge >= 0.3 is 0 Å². The molecule has 8 nitrogen and oxygen atoms in total. The molecule has 0 radical (unpaired) electrons. The maximum Gasteiger partial charge on any atom is 0.244 e. The number of carbonyl (C=O) groups excluding carboxylic acids is 1. The predicted octanol–water partition coefficient (Wildman–Crippen LogP) is 1.98. The highest BCUT2D eigenvalue weighted by atomic mass is 16.5. The molecule has 1 N–H and O–H groups in total. The van der Waals surface area contributed by atoms with Crippen molar-refractivity contribution >= 4 is 5.91 Å². The number of hydrogen-bond donors (Lipinski definition) is 1. The molecule has 0 saturated carbocycles. The number of aromatic nitrogens is 4. The van der Waals surface area contributed by atoms with Crippen molar-refractivity contribution in [3.05, 3.63) is 60.4 Å². The molecular formula is C19H20N6O2. The molecule has 1 amide bonds. The average molecular weight is 364 g/mol. The van der Waals surface area contributed by atoms with E-state index in [2.05, 4.69) is 30.3 Å². The van der Waals surface area contributed by atoms with Crippen LogP contribution >= 0.6 is 0 Å². The van der Waals surface area contributed by atoms with Crippen molar-refractivity contribution in [2.45, 2.75) is 25.4 Å². The molecule has 0 unspecified atom stereocenters. The third-order valence-corrected chi connectivity index (χ3v) is 4.52. The van der Waals surface area contributed by atoms with Crippen LogP contribution in [0, 0.1) is 0 Å². The summed E-state index contributed by atoms with van der Waals surface area (Å²) in [5.41, 5.74) is 1.51. The lowest BCUT2D eigenvalue weighted by atomic mass is 10.2. The summed E-state index contributed by atoms with van der Waals surface area (Å²) < 4.78 is 5.46. The van der Waals surface area contributed by atoms with Gasteiger partial charge in [-0.15, -0.1) is 0 Å². The Balaban J connectivity index is 1.38. The van der Waals surface area contributed by atoms with Crippen LogP contribution in [0.2, 0.25) is 0 Å². The summed E-state index contributed by atoms with van der Waals surface area (Å²) in [5.74, 6) is 0.958. The molecule has 0 aliphatic carbocycles. The molecule has 0 spiro atoms. The zero-order valence-corrected chi connectivity index (χ0v) is 14.8. The van der Waals surface area contributed by atoms with E-state index in [0.29, 0.717) is 30.5 Å². The number of nitrogens with zero attached hydrogens (tertiary/aromatic N) is 5. The van der Waals surface area contributed by atoms with Gasteiger partial charge in [-0.25, -0.2) is 0 Å². The van der Waals surface area contributed by atoms with Crippen molar-refractivity contribution in [3.8, 4) is 11.5 Å². The topological polar surface area (TPSA) is 97.0 Å². The molecule has 4 rings (SSSR count). The Morgan fingerprint density at radius 2 is 2.04 bits per heavy atom. The highest BCUT2D eigenvalue weighted by molar-refractivity contribution is 5.78. The first-order chi connectivity index (χ1) is 13.3. The maximum atomic E-state index is 12.3. The monoisotopic (exact) mass is 364 g/mol. The Labute approximate surface area is 156 Å². The first kappa shape index (κ1) is 17.3. The van der Waals surface area contributed by atoms with Crippen LogP contribution in [0.15, 0.2) is 53.3 Å². The summed E-state index contributed by atoms with van der Waals surface area (Å²) in [5, 5.41) is 6.95. The largest absolute Gasteiger partial charge is 0.349 e. The van der Waals surface area contributed by atoms with Gasteiger partial charge < -0.3 is 9.84 Å². The lowest BCUT2D eigenvalue weighted by Gasteiger charge is -2.20. The summed E-state index contributed by atoms with van der Waals surface area (Å²) in [7, 11) is 0. The fourth-order valence-electron chi connectivity index (χ4n) is 3.20. The maximum absolute atomic E-state index is 12.3. The zero-order chi connectivity index (χ0) is 18.5. The van der Waals surface area contributed by atoms with E-state index < -0.39 is 0 Å². The standard InChI is InChI=1S/C19H20N6O2/c26-17(22-12-14-6-1-3-9-20-14)13-25-11-5-8-16(25)19-23-18(24-27-19)15-7-2-4-10-21-15/h1-4,6-7,9-10,16H,5,8,11-13H2,(H,22,26)/t16-/m1/s1. The van der Waals surface area contributed by atoms with E-state index in [1.165, 1.54) is 0 Å². The molecule has 27 heavy (non-hydrogen) atoms. The summed E-state index contributed by atoms with van der Waals surface area (Å²) in [6, 6.07) is 11.2. The minimum absolute atomic E-state index is 0.0444. The van der Waals surface area contributed by atoms with Gasteiger partial charge in [0.05, 0.1) is 24.8 Å². The molecule has 1 aliphatic heterocycles. The highest BCUT2D eigenvalue weighted by Crippen LogP contribution is 2.31. The second-order valence-electron chi connectivity index (χ2n) is 6.40. The Hall–Kier alpha value is -3.13. The molecule has 1 atom stereocenters. The van der Waals surface area contributed by atoms with Crippen LogP contribution in [0.4, 0.5) is 0 Å². The van der Waals surface area contributed by atoms with Gasteiger partial charge in [-0.1, -0.05) is 17.3 Å². The van der Waals surface area contributed by atoms with Gasteiger partial charge in [-0.05, 0) is 43.7 Å². The van der Waals surface area contributed by atoms with E-state index >= 15 is 0 Å². The van der Waals surface area contributed by atoms with Gasteiger partial charge in [0, 0.05) is 12.4 Å². The van der Waals surface area contributed by atoms with E-state index in [4.69, 9.17) is 4.52 Å². The number of amides is 1. The molecule has 0 aromatic carbocycles. The van der Waals surface area contributed by atoms with Gasteiger partial charge in [-0.3, -0.25) is 19.7 Å². The number of carbonyl (C=O) groups is 1. The Bertz CT molecular complexity index is 883. The van der Waals surface area contributed by atoms with E-state index in [0.717, 1.165) is 25.1 Å². The molecule has 1 aliphatic rings. The molecule has 1 saturated heterocycles. The van der Waals surface area contributed by atoms with E-state index in [9.17, 15) is 4.79 Å². The summed E-state index contributed by atoms with van der Waals surface area (Å²) in [4.78, 5) is 27.3. The van der Waals surface area contributed by atoms with Crippen molar-refractivity contribution in [1.82, 2.24) is 30.3 Å². The molecule has 1 fully saturated rings. The minimum Gasteiger partial charge on any atom is -0.349 e. The van der Waals surface area contributed by atoms with Crippen molar-refractivity contribution in [3.63, 3.8) is 0 Å². The normalized spacial score (nSPS) is 17.1. The molecule has 3 aromatic heterocycles. The summed E-state index contributed by atoms with van der Waals surface area (Å²) in [6.45, 7) is 1.53. The van der Waals surface area contributed by atoms with E-state index in [1.807, 2.05) is 36.4 Å². The van der Waals surface area contributed by atoms with Crippen LogP contribution in [-0.2, 0) is 11.3 Å². The quantitative estimate of drug-likeness (QED) is 0.714. The van der Waals surface area contributed by atoms with E-state index in [-0.39, 0.29) is 11.9 Å². The van der Waals surface area contributed by atoms with Crippen LogP contribution in [0.1, 0.15) is 30.5 Å². The summed E-state index contributed by atoms with van der Waals surface area (Å²) in [6.07, 6.45) is 5.28. The van der Waals surface area contributed by atoms with Gasteiger partial charge in [0.25, 0.3) is 0 Å². The Morgan fingerprint density at radius 3 is 2.81 bits per heavy atom. The number of hydrogen-bond acceptors (Lipinski definition) is 7. The molecule has 138 valence electrons. The first-order valence-electron chi connectivity index (χ1n) is 8.95. The number of pyridine rings is 2. The van der Waals surface area contributed by atoms with Crippen molar-refractivity contribution in [2.75, 3.05) is 13.1 Å². The zero-order valence-electron chi connectivity index (χ0n) is 14.8. The second kappa shape index (κ2) is 8.05. The van der Waals surface area contributed by atoms with Crippen LogP contribution in [0.3, 0.4) is 0 Å². The predicted molar refractivity (Wildman–Crippen MR) is 97.2 cm³/mol. The van der Waals surface area contributed by atoms with Crippen LogP contribution in [0.5, 0.6) is 0 Å². The van der Waals surface area contributed by atoms with E-state index in [1.54, 1.807) is 12.4 Å². The van der Waals surface area contributed by atoms with Crippen LogP contribution in [0.25, 0.3) is 11.5 Å². The van der Waals surface area contributed by atoms with Crippen LogP contribution in [-0.4, -0.2) is 44.0 Å².